The molecule has 4 heterocycles. The number of aryl methyl sites for hydroxylation is 1. The quantitative estimate of drug-likeness (QED) is 0.551. The van der Waals surface area contributed by atoms with Crippen molar-refractivity contribution in [1.82, 2.24) is 25.0 Å². The summed E-state index contributed by atoms with van der Waals surface area (Å²) in [4.78, 5) is 11.4. The molecule has 1 atom stereocenters. The Morgan fingerprint density at radius 2 is 2.12 bits per heavy atom. The van der Waals surface area contributed by atoms with Crippen molar-refractivity contribution in [2.24, 2.45) is 10.4 Å². The van der Waals surface area contributed by atoms with Crippen molar-refractivity contribution in [3.63, 3.8) is 0 Å². The summed E-state index contributed by atoms with van der Waals surface area (Å²) in [6.45, 7) is 3.58. The molecular weight excluding hydrogens is 461 g/mol. The van der Waals surface area contributed by atoms with Crippen LogP contribution in [0.3, 0.4) is 0 Å². The largest absolute Gasteiger partial charge is 0.333 e. The molecule has 2 aromatic heterocycles. The van der Waals surface area contributed by atoms with Crippen LogP contribution in [-0.2, 0) is 0 Å². The third-order valence-electron chi connectivity index (χ3n) is 5.81. The number of rotatable bonds is 5. The highest BCUT2D eigenvalue weighted by atomic mass is 32.1. The first-order valence-electron chi connectivity index (χ1n) is 10.9. The lowest BCUT2D eigenvalue weighted by Crippen LogP contribution is -2.36. The fraction of sp³-hybridized carbons (Fsp3) is 0.375. The van der Waals surface area contributed by atoms with Crippen LogP contribution in [0.15, 0.2) is 58.9 Å². The molecule has 180 valence electrons. The number of fused-ring (bicyclic) bond motifs is 1. The molecular formula is C24H27F3N6S. The summed E-state index contributed by atoms with van der Waals surface area (Å²) >= 11 is 1.56. The third kappa shape index (κ3) is 5.23. The van der Waals surface area contributed by atoms with Gasteiger partial charge in [0.25, 0.3) is 0 Å². The number of nitrogens with zero attached hydrogens (tertiary/aromatic N) is 5. The van der Waals surface area contributed by atoms with Gasteiger partial charge in [0.2, 0.25) is 0 Å². The van der Waals surface area contributed by atoms with Crippen molar-refractivity contribution < 1.29 is 13.2 Å². The van der Waals surface area contributed by atoms with E-state index in [2.05, 4.69) is 27.2 Å². The van der Waals surface area contributed by atoms with Gasteiger partial charge in [-0.1, -0.05) is 19.1 Å². The molecule has 1 saturated heterocycles. The topological polar surface area (TPSA) is 58.3 Å². The van der Waals surface area contributed by atoms with Crippen molar-refractivity contribution in [3.05, 3.63) is 75.9 Å². The molecule has 2 aliphatic heterocycles. The average molecular weight is 489 g/mol. The Bertz CT molecular complexity index is 1170. The Morgan fingerprint density at radius 3 is 2.71 bits per heavy atom. The molecule has 3 aromatic rings. The summed E-state index contributed by atoms with van der Waals surface area (Å²) in [5.74, 6) is 0.713. The summed E-state index contributed by atoms with van der Waals surface area (Å²) in [5.41, 5.74) is 3.82. The maximum absolute atomic E-state index is 12.9. The monoisotopic (exact) mass is 488 g/mol. The molecule has 0 amide bonds. The van der Waals surface area contributed by atoms with Gasteiger partial charge in [0.1, 0.15) is 5.82 Å². The van der Waals surface area contributed by atoms with Gasteiger partial charge in [-0.2, -0.15) is 13.9 Å². The fourth-order valence-electron chi connectivity index (χ4n) is 4.36. The maximum atomic E-state index is 12.9. The van der Waals surface area contributed by atoms with E-state index in [9.17, 15) is 13.2 Å². The van der Waals surface area contributed by atoms with Gasteiger partial charge in [-0.05, 0) is 38.1 Å². The summed E-state index contributed by atoms with van der Waals surface area (Å²) in [6.07, 6.45) is 5.54. The molecule has 0 bridgehead atoms. The molecule has 0 saturated carbocycles. The highest BCUT2D eigenvalue weighted by Gasteiger charge is 2.42. The van der Waals surface area contributed by atoms with Crippen LogP contribution >= 0.6 is 11.3 Å². The molecule has 1 fully saturated rings. The molecule has 5 rings (SSSR count). The smallest absolute Gasteiger partial charge is 0.327 e. The number of halogens is 3. The Labute approximate surface area is 200 Å². The SMILES string of the molecule is CNCC1(C)CC2=C(c3cnn(C(F)F)c3)CN=C(c3nccs3)N2C1.Cc1cccc(F)c1. The molecule has 0 spiro atoms. The molecule has 34 heavy (non-hydrogen) atoms. The predicted octanol–water partition coefficient (Wildman–Crippen LogP) is 4.97. The van der Waals surface area contributed by atoms with E-state index in [0.29, 0.717) is 16.8 Å². The van der Waals surface area contributed by atoms with Crippen molar-refractivity contribution >= 4 is 22.7 Å². The first-order valence-corrected chi connectivity index (χ1v) is 11.8. The minimum absolute atomic E-state index is 0.0381. The second kappa shape index (κ2) is 10.1. The van der Waals surface area contributed by atoms with Crippen LogP contribution in [0.2, 0.25) is 0 Å². The lowest BCUT2D eigenvalue weighted by Gasteiger charge is -2.28. The van der Waals surface area contributed by atoms with Gasteiger partial charge in [-0.15, -0.1) is 11.3 Å². The van der Waals surface area contributed by atoms with Gasteiger partial charge in [0.15, 0.2) is 10.8 Å². The van der Waals surface area contributed by atoms with Crippen LogP contribution in [-0.4, -0.2) is 52.2 Å². The normalized spacial score (nSPS) is 19.7. The lowest BCUT2D eigenvalue weighted by molar-refractivity contribution is 0.0566. The Balaban J connectivity index is 0.000000291. The van der Waals surface area contributed by atoms with Gasteiger partial charge < -0.3 is 10.2 Å². The molecule has 0 aliphatic carbocycles. The number of aliphatic imine (C=N–C) groups is 1. The number of alkyl halides is 2. The van der Waals surface area contributed by atoms with Crippen LogP contribution in [0.25, 0.3) is 5.57 Å². The van der Waals surface area contributed by atoms with E-state index in [0.717, 1.165) is 47.2 Å². The van der Waals surface area contributed by atoms with Crippen molar-refractivity contribution in [2.75, 3.05) is 26.7 Å². The Kier molecular flexibility index (Phi) is 7.18. The molecule has 1 N–H and O–H groups in total. The van der Waals surface area contributed by atoms with E-state index in [1.165, 1.54) is 24.5 Å². The number of nitrogens with one attached hydrogen (secondary N) is 1. The number of hydrogen-bond donors (Lipinski definition) is 1. The van der Waals surface area contributed by atoms with Crippen molar-refractivity contribution in [3.8, 4) is 0 Å². The third-order valence-corrected chi connectivity index (χ3v) is 6.58. The second-order valence-electron chi connectivity index (χ2n) is 8.79. The van der Waals surface area contributed by atoms with Gasteiger partial charge in [-0.3, -0.25) is 4.99 Å². The lowest BCUT2D eigenvalue weighted by atomic mass is 9.88. The van der Waals surface area contributed by atoms with Crippen LogP contribution < -0.4 is 5.32 Å². The highest BCUT2D eigenvalue weighted by Crippen LogP contribution is 2.43. The van der Waals surface area contributed by atoms with Crippen LogP contribution in [0, 0.1) is 18.2 Å². The summed E-state index contributed by atoms with van der Waals surface area (Å²) in [6, 6.07) is 6.50. The van der Waals surface area contributed by atoms with Gasteiger partial charge in [-0.25, -0.2) is 14.1 Å². The maximum Gasteiger partial charge on any atom is 0.333 e. The van der Waals surface area contributed by atoms with E-state index in [1.54, 1.807) is 23.6 Å². The van der Waals surface area contributed by atoms with Gasteiger partial charge in [0.05, 0.1) is 12.7 Å². The Hall–Kier alpha value is -2.98. The van der Waals surface area contributed by atoms with Crippen LogP contribution in [0.4, 0.5) is 13.2 Å². The molecule has 2 aliphatic rings. The highest BCUT2D eigenvalue weighted by molar-refractivity contribution is 7.11. The zero-order valence-corrected chi connectivity index (χ0v) is 20.1. The number of benzene rings is 1. The first kappa shape index (κ1) is 24.2. The summed E-state index contributed by atoms with van der Waals surface area (Å²) in [5, 5.41) is 9.88. The number of thiazole rings is 1. The molecule has 1 aromatic carbocycles. The van der Waals surface area contributed by atoms with Gasteiger partial charge in [0, 0.05) is 53.1 Å². The molecule has 0 radical (unpaired) electrons. The number of hydrogen-bond acceptors (Lipinski definition) is 6. The fourth-order valence-corrected chi connectivity index (χ4v) is 5.01. The minimum Gasteiger partial charge on any atom is -0.327 e. The average Bonchev–Trinajstić information content (AvgIpc) is 3.53. The van der Waals surface area contributed by atoms with Gasteiger partial charge >= 0.3 is 6.55 Å². The zero-order valence-electron chi connectivity index (χ0n) is 19.3. The molecule has 10 heteroatoms. The van der Waals surface area contributed by atoms with Crippen molar-refractivity contribution in [1.29, 1.82) is 0 Å². The second-order valence-corrected chi connectivity index (χ2v) is 9.69. The first-order chi connectivity index (χ1) is 16.3. The van der Waals surface area contributed by atoms with Crippen LogP contribution in [0.1, 0.15) is 36.0 Å². The molecule has 1 unspecified atom stereocenters. The molecule has 6 nitrogen and oxygen atoms in total. The number of allylic oxidation sites excluding steroid dienone is 1. The van der Waals surface area contributed by atoms with Crippen molar-refractivity contribution in [2.45, 2.75) is 26.8 Å². The van der Waals surface area contributed by atoms with E-state index in [-0.39, 0.29) is 11.2 Å². The summed E-state index contributed by atoms with van der Waals surface area (Å²) in [7, 11) is 1.94. The number of amidine groups is 1. The zero-order chi connectivity index (χ0) is 24.3. The predicted molar refractivity (Wildman–Crippen MR) is 128 cm³/mol. The minimum atomic E-state index is -2.64. The van der Waals surface area contributed by atoms with E-state index < -0.39 is 6.55 Å². The Morgan fingerprint density at radius 1 is 1.29 bits per heavy atom. The summed E-state index contributed by atoms with van der Waals surface area (Å²) < 4.78 is 38.7. The van der Waals surface area contributed by atoms with E-state index >= 15 is 0 Å². The van der Waals surface area contributed by atoms with E-state index in [4.69, 9.17) is 4.99 Å². The standard InChI is InChI=1S/C17H20F2N6S.C7H7F/c1-17(9-20-2)5-13-12(11-6-23-25(8-11)16(18)19)7-22-14(24(13)10-17)15-21-3-4-26-15;1-6-3-2-4-7(8)5-6/h3-4,6,8,16,20H,5,7,9-10H2,1-2H3;2-5H,1H3. The van der Waals surface area contributed by atoms with E-state index in [1.807, 2.05) is 25.4 Å². The number of aromatic nitrogens is 3. The van der Waals surface area contributed by atoms with Crippen LogP contribution in [0.5, 0.6) is 0 Å².